The van der Waals surface area contributed by atoms with Crippen LogP contribution in [-0.4, -0.2) is 20.9 Å². The van der Waals surface area contributed by atoms with Gasteiger partial charge in [-0.15, -0.1) is 0 Å². The highest BCUT2D eigenvalue weighted by Gasteiger charge is 2.26. The molecule has 1 rings (SSSR count). The van der Waals surface area contributed by atoms with Gasteiger partial charge in [-0.05, 0) is 5.56 Å². The predicted octanol–water partition coefficient (Wildman–Crippen LogP) is 0.495. The summed E-state index contributed by atoms with van der Waals surface area (Å²) >= 11 is 0. The van der Waals surface area contributed by atoms with Gasteiger partial charge in [0.25, 0.3) is 0 Å². The second-order valence-corrected chi connectivity index (χ2v) is 4.20. The van der Waals surface area contributed by atoms with Crippen LogP contribution in [0.25, 0.3) is 0 Å². The maximum atomic E-state index is 10.8. The molecule has 0 radical (unpaired) electrons. The highest BCUT2D eigenvalue weighted by atomic mass is 31.2. The number of carboxylic acid groups (broad SMARTS) is 1. The zero-order valence-electron chi connectivity index (χ0n) is 7.57. The van der Waals surface area contributed by atoms with E-state index in [1.54, 1.807) is 23.3 Å². The largest absolute Gasteiger partial charge is 0.480 e. The molecule has 15 heavy (non-hydrogen) atoms. The number of hydrogen-bond acceptors (Lipinski definition) is 2. The Labute approximate surface area is 85.8 Å². The van der Waals surface area contributed by atoms with Crippen molar-refractivity contribution in [3.05, 3.63) is 35.9 Å². The van der Waals surface area contributed by atoms with Gasteiger partial charge in [0, 0.05) is 0 Å². The first kappa shape index (κ1) is 11.9. The van der Waals surface area contributed by atoms with E-state index in [-0.39, 0.29) is 5.56 Å². The number of aliphatic carboxylic acids is 1. The molecule has 0 aliphatic carbocycles. The first-order chi connectivity index (χ1) is 6.90. The number of carbonyl (C=O) groups is 1. The fourth-order valence-electron chi connectivity index (χ4n) is 1.09. The SMILES string of the molecule is O=C(O)C(NP(=O)(O)O)c1ccccc1. The molecule has 0 bridgehead atoms. The monoisotopic (exact) mass is 231 g/mol. The molecule has 0 aliphatic rings. The van der Waals surface area contributed by atoms with E-state index in [4.69, 9.17) is 14.9 Å². The topological polar surface area (TPSA) is 107 Å². The number of benzene rings is 1. The van der Waals surface area contributed by atoms with E-state index >= 15 is 0 Å². The van der Waals surface area contributed by atoms with Gasteiger partial charge in [0.2, 0.25) is 0 Å². The molecule has 0 spiro atoms. The molecular weight excluding hydrogens is 221 g/mol. The summed E-state index contributed by atoms with van der Waals surface area (Å²) in [6, 6.07) is 6.40. The molecule has 7 heteroatoms. The molecular formula is C8H10NO5P. The highest BCUT2D eigenvalue weighted by molar-refractivity contribution is 7.49. The van der Waals surface area contributed by atoms with Crippen LogP contribution in [0.1, 0.15) is 11.6 Å². The van der Waals surface area contributed by atoms with E-state index < -0.39 is 19.8 Å². The summed E-state index contributed by atoms with van der Waals surface area (Å²) in [7, 11) is -4.57. The van der Waals surface area contributed by atoms with Gasteiger partial charge in [-0.2, -0.15) is 0 Å². The Morgan fingerprint density at radius 2 is 1.80 bits per heavy atom. The van der Waals surface area contributed by atoms with Crippen molar-refractivity contribution in [3.63, 3.8) is 0 Å². The van der Waals surface area contributed by atoms with Crippen molar-refractivity contribution in [2.45, 2.75) is 6.04 Å². The Morgan fingerprint density at radius 3 is 2.20 bits per heavy atom. The van der Waals surface area contributed by atoms with Crippen molar-refractivity contribution < 1.29 is 24.3 Å². The molecule has 1 aromatic carbocycles. The van der Waals surface area contributed by atoms with Crippen LogP contribution >= 0.6 is 7.75 Å². The maximum absolute atomic E-state index is 10.8. The van der Waals surface area contributed by atoms with E-state index in [2.05, 4.69) is 0 Å². The van der Waals surface area contributed by atoms with Crippen LogP contribution in [-0.2, 0) is 9.36 Å². The summed E-state index contributed by atoms with van der Waals surface area (Å²) in [5.74, 6) is -1.34. The van der Waals surface area contributed by atoms with E-state index in [9.17, 15) is 9.36 Å². The lowest BCUT2D eigenvalue weighted by atomic mass is 10.1. The third-order valence-corrected chi connectivity index (χ3v) is 2.27. The van der Waals surface area contributed by atoms with Gasteiger partial charge in [-0.25, -0.2) is 9.65 Å². The molecule has 1 atom stereocenters. The zero-order valence-corrected chi connectivity index (χ0v) is 8.46. The molecule has 4 N–H and O–H groups in total. The number of nitrogens with one attached hydrogen (secondary N) is 1. The van der Waals surface area contributed by atoms with Crippen LogP contribution in [0.2, 0.25) is 0 Å². The molecule has 6 nitrogen and oxygen atoms in total. The molecule has 0 saturated heterocycles. The summed E-state index contributed by atoms with van der Waals surface area (Å²) < 4.78 is 10.6. The molecule has 1 aromatic rings. The Morgan fingerprint density at radius 1 is 1.27 bits per heavy atom. The third-order valence-electron chi connectivity index (χ3n) is 1.68. The van der Waals surface area contributed by atoms with Crippen molar-refractivity contribution in [3.8, 4) is 0 Å². The van der Waals surface area contributed by atoms with Crippen LogP contribution in [0.15, 0.2) is 30.3 Å². The summed E-state index contributed by atoms with van der Waals surface area (Å²) in [6.07, 6.45) is 0. The highest BCUT2D eigenvalue weighted by Crippen LogP contribution is 2.33. The van der Waals surface area contributed by atoms with Gasteiger partial charge in [0.1, 0.15) is 6.04 Å². The maximum Gasteiger partial charge on any atom is 0.401 e. The average molecular weight is 231 g/mol. The van der Waals surface area contributed by atoms with Crippen molar-refractivity contribution in [1.82, 2.24) is 5.09 Å². The van der Waals surface area contributed by atoms with Crippen molar-refractivity contribution in [2.75, 3.05) is 0 Å². The fraction of sp³-hybridized carbons (Fsp3) is 0.125. The predicted molar refractivity (Wildman–Crippen MR) is 52.0 cm³/mol. The molecule has 0 aliphatic heterocycles. The first-order valence-electron chi connectivity index (χ1n) is 4.01. The van der Waals surface area contributed by atoms with Crippen molar-refractivity contribution >= 4 is 13.7 Å². The van der Waals surface area contributed by atoms with Gasteiger partial charge >= 0.3 is 13.7 Å². The van der Waals surface area contributed by atoms with E-state index in [0.29, 0.717) is 0 Å². The van der Waals surface area contributed by atoms with Crippen LogP contribution < -0.4 is 5.09 Å². The van der Waals surface area contributed by atoms with Crippen LogP contribution in [0.5, 0.6) is 0 Å². The summed E-state index contributed by atoms with van der Waals surface area (Å²) in [4.78, 5) is 28.0. The van der Waals surface area contributed by atoms with Crippen molar-refractivity contribution in [1.29, 1.82) is 0 Å². The van der Waals surface area contributed by atoms with Gasteiger partial charge in [0.15, 0.2) is 0 Å². The number of rotatable bonds is 4. The third kappa shape index (κ3) is 3.81. The summed E-state index contributed by atoms with van der Waals surface area (Å²) in [6.45, 7) is 0. The van der Waals surface area contributed by atoms with Gasteiger partial charge in [-0.1, -0.05) is 30.3 Å². The van der Waals surface area contributed by atoms with Gasteiger partial charge < -0.3 is 14.9 Å². The molecule has 0 amide bonds. The Kier molecular flexibility index (Phi) is 3.60. The first-order valence-corrected chi connectivity index (χ1v) is 5.62. The number of carboxylic acids is 1. The van der Waals surface area contributed by atoms with Crippen LogP contribution in [0, 0.1) is 0 Å². The van der Waals surface area contributed by atoms with Crippen LogP contribution in [0.4, 0.5) is 0 Å². The molecule has 0 saturated carbocycles. The lowest BCUT2D eigenvalue weighted by Crippen LogP contribution is -2.25. The van der Waals surface area contributed by atoms with Gasteiger partial charge in [-0.3, -0.25) is 4.79 Å². The van der Waals surface area contributed by atoms with E-state index in [1.165, 1.54) is 12.1 Å². The molecule has 0 heterocycles. The Balaban J connectivity index is 2.95. The van der Waals surface area contributed by atoms with E-state index in [1.807, 2.05) is 0 Å². The van der Waals surface area contributed by atoms with Gasteiger partial charge in [0.05, 0.1) is 0 Å². The Hall–Kier alpha value is -1.20. The Bertz CT molecular complexity index is 387. The smallest absolute Gasteiger partial charge is 0.401 e. The fourth-order valence-corrected chi connectivity index (χ4v) is 1.68. The molecule has 0 aromatic heterocycles. The normalized spacial score (nSPS) is 13.5. The standard InChI is InChI=1S/C8H10NO5P/c10-8(11)7(9-15(12,13)14)6-4-2-1-3-5-6/h1-5,7H,(H,10,11)(H3,9,12,13,14). The van der Waals surface area contributed by atoms with Crippen LogP contribution in [0.3, 0.4) is 0 Å². The average Bonchev–Trinajstić information content (AvgIpc) is 2.14. The second-order valence-electron chi connectivity index (χ2n) is 2.86. The van der Waals surface area contributed by atoms with E-state index in [0.717, 1.165) is 0 Å². The number of hydrogen-bond donors (Lipinski definition) is 4. The minimum absolute atomic E-state index is 0.285. The zero-order chi connectivity index (χ0) is 11.5. The summed E-state index contributed by atoms with van der Waals surface area (Å²) in [5.41, 5.74) is 0.285. The lowest BCUT2D eigenvalue weighted by Gasteiger charge is -2.15. The molecule has 0 fully saturated rings. The summed E-state index contributed by atoms with van der Waals surface area (Å²) in [5, 5.41) is 10.5. The minimum atomic E-state index is -4.57. The minimum Gasteiger partial charge on any atom is -0.480 e. The lowest BCUT2D eigenvalue weighted by molar-refractivity contribution is -0.139. The second kappa shape index (κ2) is 4.55. The molecule has 1 unspecified atom stereocenters. The molecule has 82 valence electrons. The van der Waals surface area contributed by atoms with Crippen molar-refractivity contribution in [2.24, 2.45) is 0 Å². The quantitative estimate of drug-likeness (QED) is 0.562.